The maximum absolute atomic E-state index is 11.4. The number of hydrogen-bond donors (Lipinski definition) is 1. The van der Waals surface area contributed by atoms with Crippen molar-refractivity contribution in [3.63, 3.8) is 0 Å². The second-order valence-electron chi connectivity index (χ2n) is 4.67. The largest absolute Gasteiger partial charge is 0.377 e. The van der Waals surface area contributed by atoms with Gasteiger partial charge in [0.25, 0.3) is 0 Å². The maximum Gasteiger partial charge on any atom is 0.192 e. The lowest BCUT2D eigenvalue weighted by atomic mass is 10.0. The molecule has 1 aromatic heterocycles. The van der Waals surface area contributed by atoms with E-state index in [1.807, 2.05) is 18.2 Å². The first kappa shape index (κ1) is 14.5. The molecular weight excluding hydrogens is 272 g/mol. The van der Waals surface area contributed by atoms with Gasteiger partial charge in [-0.15, -0.1) is 0 Å². The Kier molecular flexibility index (Phi) is 4.39. The fraction of sp³-hybridized carbons (Fsp3) is 0.267. The number of pyridine rings is 1. The van der Waals surface area contributed by atoms with E-state index in [1.54, 1.807) is 12.3 Å². The summed E-state index contributed by atoms with van der Waals surface area (Å²) in [5.41, 5.74) is 2.01. The quantitative estimate of drug-likeness (QED) is 0.919. The fourth-order valence-corrected chi connectivity index (χ4v) is 2.55. The van der Waals surface area contributed by atoms with Crippen LogP contribution in [-0.4, -0.2) is 19.7 Å². The van der Waals surface area contributed by atoms with Gasteiger partial charge >= 0.3 is 0 Å². The van der Waals surface area contributed by atoms with Crippen LogP contribution in [0, 0.1) is 0 Å². The van der Waals surface area contributed by atoms with Crippen molar-refractivity contribution in [2.75, 3.05) is 11.6 Å². The van der Waals surface area contributed by atoms with Crippen molar-refractivity contribution in [1.29, 1.82) is 0 Å². The predicted molar refractivity (Wildman–Crippen MR) is 80.4 cm³/mol. The Morgan fingerprint density at radius 3 is 2.35 bits per heavy atom. The summed E-state index contributed by atoms with van der Waals surface area (Å²) < 4.78 is 22.7. The van der Waals surface area contributed by atoms with E-state index in [1.165, 1.54) is 11.6 Å². The molecule has 0 saturated heterocycles. The van der Waals surface area contributed by atoms with E-state index in [0.29, 0.717) is 0 Å². The lowest BCUT2D eigenvalue weighted by Crippen LogP contribution is -2.10. The van der Waals surface area contributed by atoms with Crippen molar-refractivity contribution in [2.24, 2.45) is 0 Å². The zero-order chi connectivity index (χ0) is 14.6. The van der Waals surface area contributed by atoms with E-state index >= 15 is 0 Å². The zero-order valence-corrected chi connectivity index (χ0v) is 12.4. The van der Waals surface area contributed by atoms with Crippen molar-refractivity contribution >= 4 is 15.5 Å². The topological polar surface area (TPSA) is 59.1 Å². The van der Waals surface area contributed by atoms with Crippen LogP contribution < -0.4 is 5.32 Å². The van der Waals surface area contributed by atoms with Gasteiger partial charge in [0.15, 0.2) is 14.9 Å². The number of hydrogen-bond acceptors (Lipinski definition) is 4. The third kappa shape index (κ3) is 3.57. The van der Waals surface area contributed by atoms with Gasteiger partial charge < -0.3 is 5.32 Å². The van der Waals surface area contributed by atoms with Crippen LogP contribution in [0.3, 0.4) is 0 Å². The molecule has 0 aliphatic heterocycles. The van der Waals surface area contributed by atoms with Crippen molar-refractivity contribution in [3.05, 3.63) is 54.2 Å². The molecule has 1 heterocycles. The minimum Gasteiger partial charge on any atom is -0.377 e. The van der Waals surface area contributed by atoms with Gasteiger partial charge in [-0.1, -0.05) is 37.3 Å². The predicted octanol–water partition coefficient (Wildman–Crippen LogP) is 3.05. The van der Waals surface area contributed by atoms with Gasteiger partial charge in [0.2, 0.25) is 0 Å². The molecule has 0 saturated carbocycles. The highest BCUT2D eigenvalue weighted by Gasteiger charge is 2.11. The van der Waals surface area contributed by atoms with Gasteiger partial charge in [-0.2, -0.15) is 0 Å². The van der Waals surface area contributed by atoms with Gasteiger partial charge in [0, 0.05) is 6.26 Å². The molecule has 20 heavy (non-hydrogen) atoms. The number of benzene rings is 1. The molecule has 0 bridgehead atoms. The first-order valence-corrected chi connectivity index (χ1v) is 8.37. The number of nitrogens with one attached hydrogen (secondary N) is 1. The van der Waals surface area contributed by atoms with Gasteiger partial charge in [-0.25, -0.2) is 13.4 Å². The molecule has 0 spiro atoms. The SMILES string of the molecule is CCC(Nc1ccc(S(C)(=O)=O)nc1)c1ccccc1. The van der Waals surface area contributed by atoms with E-state index in [0.717, 1.165) is 18.4 Å². The van der Waals surface area contributed by atoms with Crippen LogP contribution in [0.2, 0.25) is 0 Å². The molecule has 4 nitrogen and oxygen atoms in total. The Hall–Kier alpha value is -1.88. The second-order valence-corrected chi connectivity index (χ2v) is 6.64. The summed E-state index contributed by atoms with van der Waals surface area (Å²) in [5.74, 6) is 0. The summed E-state index contributed by atoms with van der Waals surface area (Å²) >= 11 is 0. The summed E-state index contributed by atoms with van der Waals surface area (Å²) in [6, 6.07) is 13.6. The zero-order valence-electron chi connectivity index (χ0n) is 11.6. The van der Waals surface area contributed by atoms with Crippen LogP contribution in [0.5, 0.6) is 0 Å². The molecular formula is C15H18N2O2S. The maximum atomic E-state index is 11.4. The van der Waals surface area contributed by atoms with Crippen molar-refractivity contribution in [3.8, 4) is 0 Å². The molecule has 5 heteroatoms. The van der Waals surface area contributed by atoms with Crippen LogP contribution in [0.4, 0.5) is 5.69 Å². The van der Waals surface area contributed by atoms with Crippen molar-refractivity contribution in [2.45, 2.75) is 24.4 Å². The molecule has 106 valence electrons. The summed E-state index contributed by atoms with van der Waals surface area (Å²) in [7, 11) is -3.24. The number of nitrogens with zero attached hydrogens (tertiary/aromatic N) is 1. The van der Waals surface area contributed by atoms with Crippen molar-refractivity contribution < 1.29 is 8.42 Å². The Labute approximate surface area is 119 Å². The van der Waals surface area contributed by atoms with Crippen LogP contribution in [-0.2, 0) is 9.84 Å². The van der Waals surface area contributed by atoms with Crippen LogP contribution in [0.25, 0.3) is 0 Å². The normalized spacial score (nSPS) is 12.9. The van der Waals surface area contributed by atoms with Gasteiger partial charge in [-0.05, 0) is 24.1 Å². The van der Waals surface area contributed by atoms with Gasteiger partial charge in [-0.3, -0.25) is 0 Å². The van der Waals surface area contributed by atoms with Gasteiger partial charge in [0.1, 0.15) is 0 Å². The monoisotopic (exact) mass is 290 g/mol. The molecule has 0 aliphatic rings. The standard InChI is InChI=1S/C15H18N2O2S/c1-3-14(12-7-5-4-6-8-12)17-13-9-10-15(16-11-13)20(2,18)19/h4-11,14,17H,3H2,1-2H3. The number of sulfone groups is 1. The summed E-state index contributed by atoms with van der Waals surface area (Å²) in [6.45, 7) is 2.10. The first-order valence-electron chi connectivity index (χ1n) is 6.48. The highest BCUT2D eigenvalue weighted by atomic mass is 32.2. The Balaban J connectivity index is 2.17. The fourth-order valence-electron chi connectivity index (χ4n) is 1.99. The van der Waals surface area contributed by atoms with E-state index in [4.69, 9.17) is 0 Å². The van der Waals surface area contributed by atoms with Crippen molar-refractivity contribution in [1.82, 2.24) is 4.98 Å². The summed E-state index contributed by atoms with van der Waals surface area (Å²) in [5, 5.41) is 3.46. The Morgan fingerprint density at radius 2 is 1.85 bits per heavy atom. The molecule has 1 N–H and O–H groups in total. The number of anilines is 1. The molecule has 2 aromatic rings. The molecule has 0 radical (unpaired) electrons. The van der Waals surface area contributed by atoms with Gasteiger partial charge in [0.05, 0.1) is 17.9 Å². The highest BCUT2D eigenvalue weighted by Crippen LogP contribution is 2.22. The third-order valence-corrected chi connectivity index (χ3v) is 4.07. The number of aromatic nitrogens is 1. The smallest absolute Gasteiger partial charge is 0.192 e. The Morgan fingerprint density at radius 1 is 1.15 bits per heavy atom. The first-order chi connectivity index (χ1) is 9.50. The van der Waals surface area contributed by atoms with E-state index in [9.17, 15) is 8.42 Å². The lowest BCUT2D eigenvalue weighted by molar-refractivity contribution is 0.598. The minimum absolute atomic E-state index is 0.0933. The molecule has 1 aromatic carbocycles. The summed E-state index contributed by atoms with van der Waals surface area (Å²) in [6.07, 6.45) is 3.64. The Bertz CT molecular complexity index is 652. The van der Waals surface area contributed by atoms with E-state index < -0.39 is 9.84 Å². The lowest BCUT2D eigenvalue weighted by Gasteiger charge is -2.18. The molecule has 0 fully saturated rings. The molecule has 2 rings (SSSR count). The third-order valence-electron chi connectivity index (χ3n) is 3.07. The average Bonchev–Trinajstić information content (AvgIpc) is 2.45. The van der Waals surface area contributed by atoms with E-state index in [2.05, 4.69) is 29.4 Å². The van der Waals surface area contributed by atoms with Crippen LogP contribution in [0.15, 0.2) is 53.7 Å². The molecule has 0 amide bonds. The molecule has 1 unspecified atom stereocenters. The second kappa shape index (κ2) is 6.05. The van der Waals surface area contributed by atoms with Crippen LogP contribution in [0.1, 0.15) is 24.9 Å². The molecule has 1 atom stereocenters. The number of rotatable bonds is 5. The van der Waals surface area contributed by atoms with Crippen LogP contribution >= 0.6 is 0 Å². The van der Waals surface area contributed by atoms with E-state index in [-0.39, 0.29) is 11.1 Å². The minimum atomic E-state index is -3.24. The highest BCUT2D eigenvalue weighted by molar-refractivity contribution is 7.90. The average molecular weight is 290 g/mol. The summed E-state index contributed by atoms with van der Waals surface area (Å²) in [4.78, 5) is 3.98. The molecule has 0 aliphatic carbocycles.